The van der Waals surface area contributed by atoms with E-state index >= 15 is 0 Å². The van der Waals surface area contributed by atoms with Crippen molar-refractivity contribution in [3.8, 4) is 0 Å². The Bertz CT molecular complexity index is 132. The SMILES string of the molecule is COCCC(C)C(O)C1CCOC1. The Hall–Kier alpha value is -0.120. The maximum Gasteiger partial charge on any atom is 0.0617 e. The fraction of sp³-hybridized carbons (Fsp3) is 1.00. The molecule has 1 saturated heterocycles. The van der Waals surface area contributed by atoms with Crippen molar-refractivity contribution < 1.29 is 14.6 Å². The summed E-state index contributed by atoms with van der Waals surface area (Å²) in [6.07, 6.45) is 1.70. The van der Waals surface area contributed by atoms with Crippen LogP contribution in [0.1, 0.15) is 19.8 Å². The van der Waals surface area contributed by atoms with Crippen LogP contribution >= 0.6 is 0 Å². The Morgan fingerprint density at radius 2 is 2.38 bits per heavy atom. The lowest BCUT2D eigenvalue weighted by molar-refractivity contribution is 0.0357. The number of methoxy groups -OCH3 is 1. The van der Waals surface area contributed by atoms with Crippen LogP contribution in [0.3, 0.4) is 0 Å². The van der Waals surface area contributed by atoms with Crippen LogP contribution in [0.15, 0.2) is 0 Å². The van der Waals surface area contributed by atoms with Crippen LogP contribution < -0.4 is 0 Å². The zero-order valence-corrected chi connectivity index (χ0v) is 8.53. The summed E-state index contributed by atoms with van der Waals surface area (Å²) in [7, 11) is 1.69. The van der Waals surface area contributed by atoms with Gasteiger partial charge in [0, 0.05) is 26.2 Å². The van der Waals surface area contributed by atoms with E-state index in [4.69, 9.17) is 9.47 Å². The monoisotopic (exact) mass is 188 g/mol. The lowest BCUT2D eigenvalue weighted by Crippen LogP contribution is -2.28. The summed E-state index contributed by atoms with van der Waals surface area (Å²) in [5, 5.41) is 9.91. The van der Waals surface area contributed by atoms with Crippen molar-refractivity contribution in [2.75, 3.05) is 26.9 Å². The van der Waals surface area contributed by atoms with Crippen molar-refractivity contribution in [2.45, 2.75) is 25.9 Å². The summed E-state index contributed by atoms with van der Waals surface area (Å²) in [5.41, 5.74) is 0. The Morgan fingerprint density at radius 1 is 1.62 bits per heavy atom. The van der Waals surface area contributed by atoms with Crippen molar-refractivity contribution >= 4 is 0 Å². The van der Waals surface area contributed by atoms with Gasteiger partial charge in [-0.15, -0.1) is 0 Å². The van der Waals surface area contributed by atoms with E-state index in [1.54, 1.807) is 7.11 Å². The lowest BCUT2D eigenvalue weighted by atomic mass is 9.90. The average Bonchev–Trinajstić information content (AvgIpc) is 2.65. The van der Waals surface area contributed by atoms with Gasteiger partial charge in [0.2, 0.25) is 0 Å². The molecule has 0 bridgehead atoms. The van der Waals surface area contributed by atoms with Gasteiger partial charge in [-0.1, -0.05) is 6.92 Å². The summed E-state index contributed by atoms with van der Waals surface area (Å²) >= 11 is 0. The molecule has 0 spiro atoms. The Kier molecular flexibility index (Phi) is 4.70. The average molecular weight is 188 g/mol. The molecule has 0 aromatic rings. The van der Waals surface area contributed by atoms with Gasteiger partial charge in [-0.3, -0.25) is 0 Å². The molecule has 3 heteroatoms. The quantitative estimate of drug-likeness (QED) is 0.701. The minimum atomic E-state index is -0.224. The largest absolute Gasteiger partial charge is 0.392 e. The molecule has 3 unspecified atom stereocenters. The highest BCUT2D eigenvalue weighted by Crippen LogP contribution is 2.23. The van der Waals surface area contributed by atoms with Gasteiger partial charge in [-0.2, -0.15) is 0 Å². The van der Waals surface area contributed by atoms with Crippen LogP contribution in [0, 0.1) is 11.8 Å². The Morgan fingerprint density at radius 3 is 2.92 bits per heavy atom. The number of hydrogen-bond donors (Lipinski definition) is 1. The van der Waals surface area contributed by atoms with Gasteiger partial charge in [0.25, 0.3) is 0 Å². The summed E-state index contributed by atoms with van der Waals surface area (Å²) in [6, 6.07) is 0. The number of ether oxygens (including phenoxy) is 2. The molecule has 1 rings (SSSR count). The van der Waals surface area contributed by atoms with Crippen LogP contribution in [-0.4, -0.2) is 38.1 Å². The highest BCUT2D eigenvalue weighted by molar-refractivity contribution is 4.76. The van der Waals surface area contributed by atoms with Crippen LogP contribution in [0.25, 0.3) is 0 Å². The maximum absolute atomic E-state index is 9.91. The summed E-state index contributed by atoms with van der Waals surface area (Å²) in [4.78, 5) is 0. The molecule has 0 aromatic heterocycles. The van der Waals surface area contributed by atoms with Gasteiger partial charge < -0.3 is 14.6 Å². The molecule has 78 valence electrons. The van der Waals surface area contributed by atoms with E-state index in [1.807, 2.05) is 0 Å². The number of rotatable bonds is 5. The van der Waals surface area contributed by atoms with E-state index in [-0.39, 0.29) is 6.10 Å². The van der Waals surface area contributed by atoms with Crippen LogP contribution in [0.5, 0.6) is 0 Å². The molecule has 0 aliphatic carbocycles. The molecule has 1 N–H and O–H groups in total. The van der Waals surface area contributed by atoms with Crippen molar-refractivity contribution in [3.63, 3.8) is 0 Å². The molecular weight excluding hydrogens is 168 g/mol. The molecule has 3 atom stereocenters. The maximum atomic E-state index is 9.91. The molecule has 1 heterocycles. The predicted octanol–water partition coefficient (Wildman–Crippen LogP) is 1.06. The lowest BCUT2D eigenvalue weighted by Gasteiger charge is -2.23. The van der Waals surface area contributed by atoms with E-state index in [2.05, 4.69) is 6.92 Å². The van der Waals surface area contributed by atoms with E-state index < -0.39 is 0 Å². The first-order valence-electron chi connectivity index (χ1n) is 5.00. The van der Waals surface area contributed by atoms with Gasteiger partial charge in [0.1, 0.15) is 0 Å². The van der Waals surface area contributed by atoms with E-state index in [0.717, 1.165) is 32.7 Å². The standard InChI is InChI=1S/C10H20O3/c1-8(3-5-12-2)10(11)9-4-6-13-7-9/h8-11H,3-7H2,1-2H3. The molecule has 0 aromatic carbocycles. The molecular formula is C10H20O3. The third-order valence-electron chi connectivity index (χ3n) is 2.81. The van der Waals surface area contributed by atoms with Crippen LogP contribution in [0.2, 0.25) is 0 Å². The van der Waals surface area contributed by atoms with Gasteiger partial charge in [-0.25, -0.2) is 0 Å². The van der Waals surface area contributed by atoms with Gasteiger partial charge in [0.05, 0.1) is 12.7 Å². The second-order valence-electron chi connectivity index (χ2n) is 3.87. The second kappa shape index (κ2) is 5.58. The number of hydrogen-bond acceptors (Lipinski definition) is 3. The minimum absolute atomic E-state index is 0.224. The highest BCUT2D eigenvalue weighted by Gasteiger charge is 2.27. The van der Waals surface area contributed by atoms with E-state index in [1.165, 1.54) is 0 Å². The van der Waals surface area contributed by atoms with Gasteiger partial charge in [0.15, 0.2) is 0 Å². The third-order valence-corrected chi connectivity index (χ3v) is 2.81. The van der Waals surface area contributed by atoms with E-state index in [9.17, 15) is 5.11 Å². The molecule has 0 amide bonds. The normalized spacial score (nSPS) is 27.5. The molecule has 0 saturated carbocycles. The van der Waals surface area contributed by atoms with Crippen LogP contribution in [-0.2, 0) is 9.47 Å². The predicted molar refractivity (Wildman–Crippen MR) is 50.6 cm³/mol. The summed E-state index contributed by atoms with van der Waals surface area (Å²) in [5.74, 6) is 0.651. The van der Waals surface area contributed by atoms with Gasteiger partial charge >= 0.3 is 0 Å². The summed E-state index contributed by atoms with van der Waals surface area (Å²) < 4.78 is 10.2. The molecule has 1 aliphatic rings. The first-order valence-corrected chi connectivity index (χ1v) is 5.00. The van der Waals surface area contributed by atoms with Gasteiger partial charge in [-0.05, 0) is 18.8 Å². The third kappa shape index (κ3) is 3.25. The Balaban J connectivity index is 2.23. The van der Waals surface area contributed by atoms with Crippen molar-refractivity contribution in [3.05, 3.63) is 0 Å². The summed E-state index contributed by atoms with van der Waals surface area (Å²) in [6.45, 7) is 4.32. The minimum Gasteiger partial charge on any atom is -0.392 e. The zero-order valence-electron chi connectivity index (χ0n) is 8.53. The first-order chi connectivity index (χ1) is 6.25. The number of aliphatic hydroxyl groups is 1. The topological polar surface area (TPSA) is 38.7 Å². The Labute approximate surface area is 80.0 Å². The van der Waals surface area contributed by atoms with Crippen LogP contribution in [0.4, 0.5) is 0 Å². The molecule has 13 heavy (non-hydrogen) atoms. The molecule has 1 aliphatic heterocycles. The number of aliphatic hydroxyl groups excluding tert-OH is 1. The second-order valence-corrected chi connectivity index (χ2v) is 3.87. The molecule has 1 fully saturated rings. The zero-order chi connectivity index (χ0) is 9.68. The fourth-order valence-electron chi connectivity index (χ4n) is 1.76. The molecule has 3 nitrogen and oxygen atoms in total. The van der Waals surface area contributed by atoms with E-state index in [0.29, 0.717) is 11.8 Å². The molecule has 0 radical (unpaired) electrons. The van der Waals surface area contributed by atoms with Crippen molar-refractivity contribution in [1.82, 2.24) is 0 Å². The van der Waals surface area contributed by atoms with Crippen molar-refractivity contribution in [1.29, 1.82) is 0 Å². The van der Waals surface area contributed by atoms with Crippen molar-refractivity contribution in [2.24, 2.45) is 11.8 Å². The smallest absolute Gasteiger partial charge is 0.0617 e. The fourth-order valence-corrected chi connectivity index (χ4v) is 1.76. The highest BCUT2D eigenvalue weighted by atomic mass is 16.5. The first kappa shape index (κ1) is 11.0.